The third-order valence-electron chi connectivity index (χ3n) is 4.65. The van der Waals surface area contributed by atoms with Crippen LogP contribution in [0.3, 0.4) is 0 Å². The Morgan fingerprint density at radius 1 is 1.19 bits per heavy atom. The van der Waals surface area contributed by atoms with Gasteiger partial charge in [0.05, 0.1) is 23.7 Å². The number of methoxy groups -OCH3 is 1. The number of benzene rings is 2. The molecule has 0 atom stereocenters. The number of anilines is 1. The normalized spacial score (nSPS) is 10.9. The highest BCUT2D eigenvalue weighted by Gasteiger charge is 2.20. The maximum absolute atomic E-state index is 13.1. The lowest BCUT2D eigenvalue weighted by Gasteiger charge is -2.20. The Morgan fingerprint density at radius 2 is 2.00 bits per heavy atom. The SMILES string of the molecule is COc1ccc2nc(N(CCCn3ccnc3)C(=O)COc3ccc(F)cc3)sc2c1. The summed E-state index contributed by atoms with van der Waals surface area (Å²) in [5.41, 5.74) is 0.799. The lowest BCUT2D eigenvalue weighted by atomic mass is 10.3. The molecule has 0 aliphatic carbocycles. The average Bonchev–Trinajstić information content (AvgIpc) is 3.45. The molecular weight excluding hydrogens is 419 g/mol. The van der Waals surface area contributed by atoms with Gasteiger partial charge in [0.1, 0.15) is 17.3 Å². The molecule has 0 saturated heterocycles. The summed E-state index contributed by atoms with van der Waals surface area (Å²) in [6, 6.07) is 11.2. The Labute approximate surface area is 182 Å². The van der Waals surface area contributed by atoms with E-state index in [4.69, 9.17) is 9.47 Å². The summed E-state index contributed by atoms with van der Waals surface area (Å²) >= 11 is 1.42. The molecule has 4 aromatic rings. The van der Waals surface area contributed by atoms with Crippen molar-refractivity contribution in [3.8, 4) is 11.5 Å². The molecule has 0 saturated carbocycles. The van der Waals surface area contributed by atoms with Crippen LogP contribution in [0.15, 0.2) is 61.2 Å². The van der Waals surface area contributed by atoms with E-state index in [0.717, 1.165) is 28.9 Å². The summed E-state index contributed by atoms with van der Waals surface area (Å²) in [7, 11) is 1.61. The third kappa shape index (κ3) is 5.18. The minimum atomic E-state index is -0.357. The van der Waals surface area contributed by atoms with Gasteiger partial charge in [-0.3, -0.25) is 9.69 Å². The number of hydrogen-bond donors (Lipinski definition) is 0. The Kier molecular flexibility index (Phi) is 6.42. The first-order valence-electron chi connectivity index (χ1n) is 9.71. The van der Waals surface area contributed by atoms with Gasteiger partial charge in [0.25, 0.3) is 5.91 Å². The molecule has 31 heavy (non-hydrogen) atoms. The first-order valence-corrected chi connectivity index (χ1v) is 10.5. The van der Waals surface area contributed by atoms with Crippen LogP contribution >= 0.6 is 11.3 Å². The minimum absolute atomic E-state index is 0.171. The highest BCUT2D eigenvalue weighted by atomic mass is 32.1. The van der Waals surface area contributed by atoms with E-state index in [-0.39, 0.29) is 18.3 Å². The zero-order chi connectivity index (χ0) is 21.6. The molecule has 0 spiro atoms. The number of rotatable bonds is 9. The van der Waals surface area contributed by atoms with Gasteiger partial charge in [0, 0.05) is 25.5 Å². The maximum atomic E-state index is 13.1. The Morgan fingerprint density at radius 3 is 2.74 bits per heavy atom. The van der Waals surface area contributed by atoms with E-state index in [0.29, 0.717) is 17.4 Å². The Balaban J connectivity index is 1.51. The summed E-state index contributed by atoms with van der Waals surface area (Å²) in [5.74, 6) is 0.591. The van der Waals surface area contributed by atoms with E-state index in [9.17, 15) is 9.18 Å². The van der Waals surface area contributed by atoms with Crippen LogP contribution in [-0.4, -0.2) is 40.7 Å². The zero-order valence-electron chi connectivity index (χ0n) is 16.9. The number of carbonyl (C=O) groups excluding carboxylic acids is 1. The van der Waals surface area contributed by atoms with Crippen molar-refractivity contribution in [3.05, 3.63) is 67.0 Å². The monoisotopic (exact) mass is 440 g/mol. The summed E-state index contributed by atoms with van der Waals surface area (Å²) in [5, 5.41) is 0.599. The number of aromatic nitrogens is 3. The largest absolute Gasteiger partial charge is 0.497 e. The van der Waals surface area contributed by atoms with Crippen molar-refractivity contribution in [1.82, 2.24) is 14.5 Å². The van der Waals surface area contributed by atoms with Crippen LogP contribution in [0, 0.1) is 5.82 Å². The molecule has 4 rings (SSSR count). The number of aryl methyl sites for hydroxylation is 1. The molecule has 2 heterocycles. The average molecular weight is 441 g/mol. The molecule has 0 bridgehead atoms. The quantitative estimate of drug-likeness (QED) is 0.391. The number of ether oxygens (including phenoxy) is 2. The number of amides is 1. The van der Waals surface area contributed by atoms with E-state index in [1.165, 1.54) is 35.6 Å². The fourth-order valence-corrected chi connectivity index (χ4v) is 4.08. The molecule has 0 aliphatic heterocycles. The van der Waals surface area contributed by atoms with Gasteiger partial charge in [0.15, 0.2) is 11.7 Å². The van der Waals surface area contributed by atoms with E-state index in [1.54, 1.807) is 24.5 Å². The first-order chi connectivity index (χ1) is 15.1. The van der Waals surface area contributed by atoms with Crippen molar-refractivity contribution in [2.75, 3.05) is 25.2 Å². The summed E-state index contributed by atoms with van der Waals surface area (Å²) in [6.45, 7) is 1.03. The van der Waals surface area contributed by atoms with Crippen molar-refractivity contribution < 1.29 is 18.7 Å². The number of fused-ring (bicyclic) bond motifs is 1. The lowest BCUT2D eigenvalue weighted by Crippen LogP contribution is -2.36. The predicted molar refractivity (Wildman–Crippen MR) is 117 cm³/mol. The molecule has 1 amide bonds. The summed E-state index contributed by atoms with van der Waals surface area (Å²) < 4.78 is 26.8. The molecule has 0 aliphatic rings. The summed E-state index contributed by atoms with van der Waals surface area (Å²) in [6.07, 6.45) is 6.07. The number of nitrogens with zero attached hydrogens (tertiary/aromatic N) is 4. The van der Waals surface area contributed by atoms with Crippen LogP contribution in [0.5, 0.6) is 11.5 Å². The zero-order valence-corrected chi connectivity index (χ0v) is 17.7. The highest BCUT2D eigenvalue weighted by molar-refractivity contribution is 7.22. The molecule has 0 N–H and O–H groups in total. The van der Waals surface area contributed by atoms with Crippen LogP contribution in [0.1, 0.15) is 6.42 Å². The van der Waals surface area contributed by atoms with Crippen LogP contribution in [0.25, 0.3) is 10.2 Å². The van der Waals surface area contributed by atoms with Gasteiger partial charge in [-0.15, -0.1) is 0 Å². The lowest BCUT2D eigenvalue weighted by molar-refractivity contribution is -0.120. The molecule has 2 aromatic heterocycles. The Bertz CT molecular complexity index is 1150. The van der Waals surface area contributed by atoms with Gasteiger partial charge < -0.3 is 14.0 Å². The first kappa shape index (κ1) is 20.8. The number of carbonyl (C=O) groups is 1. The second kappa shape index (κ2) is 9.57. The Hall–Kier alpha value is -3.46. The van der Waals surface area contributed by atoms with Crippen molar-refractivity contribution >= 4 is 32.6 Å². The number of imidazole rings is 1. The van der Waals surface area contributed by atoms with Gasteiger partial charge in [-0.05, 0) is 48.9 Å². The summed E-state index contributed by atoms with van der Waals surface area (Å²) in [4.78, 5) is 23.3. The molecule has 2 aromatic carbocycles. The van der Waals surface area contributed by atoms with Crippen LogP contribution in [0.4, 0.5) is 9.52 Å². The van der Waals surface area contributed by atoms with Gasteiger partial charge in [0.2, 0.25) is 0 Å². The molecule has 0 unspecified atom stereocenters. The minimum Gasteiger partial charge on any atom is -0.497 e. The van der Waals surface area contributed by atoms with Crippen molar-refractivity contribution in [2.45, 2.75) is 13.0 Å². The molecule has 0 radical (unpaired) electrons. The second-order valence-electron chi connectivity index (χ2n) is 6.77. The molecule has 7 nitrogen and oxygen atoms in total. The van der Waals surface area contributed by atoms with Crippen molar-refractivity contribution in [1.29, 1.82) is 0 Å². The van der Waals surface area contributed by atoms with Crippen LogP contribution in [-0.2, 0) is 11.3 Å². The molecule has 0 fully saturated rings. The van der Waals surface area contributed by atoms with E-state index in [1.807, 2.05) is 29.0 Å². The fraction of sp³-hybridized carbons (Fsp3) is 0.227. The number of thiazole rings is 1. The highest BCUT2D eigenvalue weighted by Crippen LogP contribution is 2.31. The fourth-order valence-electron chi connectivity index (χ4n) is 3.05. The molecular formula is C22H21FN4O3S. The van der Waals surface area contributed by atoms with Gasteiger partial charge in [-0.1, -0.05) is 11.3 Å². The maximum Gasteiger partial charge on any atom is 0.266 e. The van der Waals surface area contributed by atoms with Crippen molar-refractivity contribution in [3.63, 3.8) is 0 Å². The third-order valence-corrected chi connectivity index (χ3v) is 5.69. The smallest absolute Gasteiger partial charge is 0.266 e. The second-order valence-corrected chi connectivity index (χ2v) is 7.78. The number of hydrogen-bond acceptors (Lipinski definition) is 6. The van der Waals surface area contributed by atoms with Gasteiger partial charge in [-0.2, -0.15) is 0 Å². The van der Waals surface area contributed by atoms with E-state index >= 15 is 0 Å². The van der Waals surface area contributed by atoms with Crippen LogP contribution in [0.2, 0.25) is 0 Å². The molecule has 9 heteroatoms. The molecule has 160 valence electrons. The van der Waals surface area contributed by atoms with Crippen LogP contribution < -0.4 is 14.4 Å². The van der Waals surface area contributed by atoms with E-state index in [2.05, 4.69) is 9.97 Å². The van der Waals surface area contributed by atoms with E-state index < -0.39 is 0 Å². The number of halogens is 1. The predicted octanol–water partition coefficient (Wildman–Crippen LogP) is 4.14. The van der Waals surface area contributed by atoms with Gasteiger partial charge >= 0.3 is 0 Å². The van der Waals surface area contributed by atoms with Crippen molar-refractivity contribution in [2.24, 2.45) is 0 Å². The standard InChI is InChI=1S/C22H21FN4O3S/c1-29-18-7-8-19-20(13-18)31-22(25-19)27(11-2-10-26-12-9-24-15-26)21(28)14-30-17-5-3-16(23)4-6-17/h3-9,12-13,15H,2,10-11,14H2,1H3. The topological polar surface area (TPSA) is 69.5 Å². The van der Waals surface area contributed by atoms with Gasteiger partial charge in [-0.25, -0.2) is 14.4 Å².